The summed E-state index contributed by atoms with van der Waals surface area (Å²) in [5.74, 6) is 0.123. The summed E-state index contributed by atoms with van der Waals surface area (Å²) >= 11 is 0. The first kappa shape index (κ1) is 23.6. The Kier molecular flexibility index (Phi) is 7.35. The Hall–Kier alpha value is -2.01. The van der Waals surface area contributed by atoms with E-state index in [9.17, 15) is 9.90 Å². The van der Waals surface area contributed by atoms with E-state index in [-0.39, 0.29) is 11.0 Å². The molecule has 0 aromatic heterocycles. The van der Waals surface area contributed by atoms with Crippen LogP contribution in [0, 0.1) is 11.3 Å². The normalized spacial score (nSPS) is 24.2. The summed E-state index contributed by atoms with van der Waals surface area (Å²) in [5, 5.41) is 12.4. The molecule has 0 heterocycles. The van der Waals surface area contributed by atoms with Gasteiger partial charge in [-0.3, -0.25) is 0 Å². The maximum Gasteiger partial charge on any atom is 0.261 e. The Morgan fingerprint density at radius 1 is 1.06 bits per heavy atom. The van der Waals surface area contributed by atoms with Gasteiger partial charge in [-0.05, 0) is 40.6 Å². The van der Waals surface area contributed by atoms with Gasteiger partial charge in [-0.1, -0.05) is 101 Å². The molecule has 0 saturated heterocycles. The number of allylic oxidation sites excluding steroid dienone is 1. The van der Waals surface area contributed by atoms with Crippen LogP contribution in [0.3, 0.4) is 0 Å². The number of hydrogen-bond acceptors (Lipinski definition) is 3. The molecule has 3 rings (SSSR count). The molecule has 0 unspecified atom stereocenters. The lowest BCUT2D eigenvalue weighted by atomic mass is 9.69. The molecule has 0 saturated carbocycles. The highest BCUT2D eigenvalue weighted by Gasteiger charge is 2.50. The lowest BCUT2D eigenvalue weighted by Gasteiger charge is -2.43. The van der Waals surface area contributed by atoms with Gasteiger partial charge >= 0.3 is 0 Å². The zero-order valence-electron chi connectivity index (χ0n) is 19.3. The van der Waals surface area contributed by atoms with Crippen LogP contribution in [0.5, 0.6) is 0 Å². The Morgan fingerprint density at radius 2 is 1.61 bits per heavy atom. The smallest absolute Gasteiger partial charge is 0.261 e. The molecule has 4 heteroatoms. The van der Waals surface area contributed by atoms with Gasteiger partial charge in [-0.25, -0.2) is 0 Å². The third kappa shape index (κ3) is 4.76. The van der Waals surface area contributed by atoms with Crippen molar-refractivity contribution in [3.05, 3.63) is 72.8 Å². The SMILES string of the molecule is C[C@@H]1C[C@H](O)C=C[C@@]1(C=O)CCCO[Si](c1ccccc1)(c1ccccc1)C(C)(C)C. The van der Waals surface area contributed by atoms with Crippen LogP contribution in [0.15, 0.2) is 72.8 Å². The first-order valence-electron chi connectivity index (χ1n) is 11.3. The summed E-state index contributed by atoms with van der Waals surface area (Å²) in [7, 11) is -2.54. The number of hydrogen-bond donors (Lipinski definition) is 1. The highest BCUT2D eigenvalue weighted by Crippen LogP contribution is 2.40. The summed E-state index contributed by atoms with van der Waals surface area (Å²) < 4.78 is 6.95. The van der Waals surface area contributed by atoms with Crippen molar-refractivity contribution >= 4 is 25.0 Å². The maximum absolute atomic E-state index is 12.0. The highest BCUT2D eigenvalue weighted by atomic mass is 28.4. The second kappa shape index (κ2) is 9.64. The fraction of sp³-hybridized carbons (Fsp3) is 0.444. The van der Waals surface area contributed by atoms with E-state index >= 15 is 0 Å². The van der Waals surface area contributed by atoms with E-state index in [2.05, 4.69) is 88.4 Å². The lowest BCUT2D eigenvalue weighted by molar-refractivity contribution is -0.117. The second-order valence-electron chi connectivity index (χ2n) is 9.91. The zero-order chi connectivity index (χ0) is 22.5. The molecule has 1 aliphatic rings. The van der Waals surface area contributed by atoms with E-state index in [0.717, 1.165) is 19.1 Å². The van der Waals surface area contributed by atoms with E-state index in [1.165, 1.54) is 10.4 Å². The van der Waals surface area contributed by atoms with Crippen LogP contribution in [0.1, 0.15) is 47.0 Å². The Bertz CT molecular complexity index is 833. The van der Waals surface area contributed by atoms with E-state index in [1.54, 1.807) is 6.08 Å². The van der Waals surface area contributed by atoms with E-state index < -0.39 is 19.8 Å². The molecule has 3 nitrogen and oxygen atoms in total. The van der Waals surface area contributed by atoms with E-state index in [1.807, 2.05) is 6.08 Å². The highest BCUT2D eigenvalue weighted by molar-refractivity contribution is 6.99. The molecular formula is C27H36O3Si. The van der Waals surface area contributed by atoms with E-state index in [4.69, 9.17) is 4.43 Å². The predicted octanol–water partition coefficient (Wildman–Crippen LogP) is 4.49. The van der Waals surface area contributed by atoms with Crippen molar-refractivity contribution in [2.24, 2.45) is 11.3 Å². The minimum atomic E-state index is -2.54. The first-order chi connectivity index (χ1) is 14.7. The molecular weight excluding hydrogens is 400 g/mol. The van der Waals surface area contributed by atoms with Gasteiger partial charge in [0.05, 0.1) is 6.10 Å². The third-order valence-corrected chi connectivity index (χ3v) is 11.9. The molecule has 166 valence electrons. The Balaban J connectivity index is 1.87. The molecule has 0 aliphatic heterocycles. The van der Waals surface area contributed by atoms with Crippen molar-refractivity contribution in [2.75, 3.05) is 6.61 Å². The van der Waals surface area contributed by atoms with Crippen LogP contribution in [0.2, 0.25) is 5.04 Å². The van der Waals surface area contributed by atoms with Crippen molar-refractivity contribution in [1.82, 2.24) is 0 Å². The number of carbonyl (C=O) groups excluding carboxylic acids is 1. The standard InChI is InChI=1S/C27H36O3Si/c1-22-20-23(29)16-18-27(22,21-28)17-11-19-30-31(26(2,3)4,24-12-7-5-8-13-24)25-14-9-6-10-15-25/h5-10,12-16,18,21-23,29H,11,17,19-20H2,1-4H3/t22-,23-,27-/m1/s1. The van der Waals surface area contributed by atoms with Gasteiger partial charge in [0.15, 0.2) is 0 Å². The maximum atomic E-state index is 12.0. The molecule has 2 aromatic rings. The van der Waals surface area contributed by atoms with Crippen LogP contribution in [-0.4, -0.2) is 32.4 Å². The molecule has 31 heavy (non-hydrogen) atoms. The quantitative estimate of drug-likeness (QED) is 0.287. The molecule has 1 N–H and O–H groups in total. The van der Waals surface area contributed by atoms with Crippen molar-refractivity contribution < 1.29 is 14.3 Å². The second-order valence-corrected chi connectivity index (χ2v) is 14.2. The van der Waals surface area contributed by atoms with Crippen LogP contribution >= 0.6 is 0 Å². The molecule has 0 fully saturated rings. The average molecular weight is 437 g/mol. The fourth-order valence-electron chi connectivity index (χ4n) is 5.02. The van der Waals surface area contributed by atoms with Gasteiger partial charge in [-0.2, -0.15) is 0 Å². The van der Waals surface area contributed by atoms with Gasteiger partial charge in [0, 0.05) is 12.0 Å². The van der Waals surface area contributed by atoms with Crippen molar-refractivity contribution in [2.45, 2.75) is 58.1 Å². The summed E-state index contributed by atoms with van der Waals surface area (Å²) in [6.07, 6.45) is 6.48. The molecule has 2 aromatic carbocycles. The minimum absolute atomic E-state index is 0.0554. The average Bonchev–Trinajstić information content (AvgIpc) is 2.76. The van der Waals surface area contributed by atoms with Crippen LogP contribution in [0.25, 0.3) is 0 Å². The topological polar surface area (TPSA) is 46.5 Å². The number of benzene rings is 2. The fourth-order valence-corrected chi connectivity index (χ4v) is 9.63. The zero-order valence-corrected chi connectivity index (χ0v) is 20.3. The molecule has 3 atom stereocenters. The largest absolute Gasteiger partial charge is 0.407 e. The Morgan fingerprint density at radius 3 is 2.06 bits per heavy atom. The number of aliphatic hydroxyl groups excluding tert-OH is 1. The van der Waals surface area contributed by atoms with Crippen molar-refractivity contribution in [1.29, 1.82) is 0 Å². The van der Waals surface area contributed by atoms with Crippen LogP contribution < -0.4 is 10.4 Å². The van der Waals surface area contributed by atoms with Gasteiger partial charge in [-0.15, -0.1) is 0 Å². The van der Waals surface area contributed by atoms with Gasteiger partial charge in [0.25, 0.3) is 8.32 Å². The summed E-state index contributed by atoms with van der Waals surface area (Å²) in [5.41, 5.74) is -0.506. The predicted molar refractivity (Wildman–Crippen MR) is 130 cm³/mol. The van der Waals surface area contributed by atoms with Gasteiger partial charge < -0.3 is 14.3 Å². The van der Waals surface area contributed by atoms with E-state index in [0.29, 0.717) is 13.0 Å². The van der Waals surface area contributed by atoms with Gasteiger partial charge in [0.2, 0.25) is 0 Å². The number of carbonyl (C=O) groups is 1. The minimum Gasteiger partial charge on any atom is -0.407 e. The number of rotatable bonds is 8. The van der Waals surface area contributed by atoms with Crippen LogP contribution in [-0.2, 0) is 9.22 Å². The molecule has 1 aliphatic carbocycles. The lowest BCUT2D eigenvalue weighted by Crippen LogP contribution is -2.66. The summed E-state index contributed by atoms with van der Waals surface area (Å²) in [4.78, 5) is 12.0. The molecule has 0 spiro atoms. The first-order valence-corrected chi connectivity index (χ1v) is 13.2. The molecule has 0 amide bonds. The number of aliphatic hydroxyl groups is 1. The molecule has 0 radical (unpaired) electrons. The molecule has 0 bridgehead atoms. The number of aldehydes is 1. The monoisotopic (exact) mass is 436 g/mol. The van der Waals surface area contributed by atoms with Gasteiger partial charge in [0.1, 0.15) is 6.29 Å². The van der Waals surface area contributed by atoms with Crippen molar-refractivity contribution in [3.63, 3.8) is 0 Å². The summed E-state index contributed by atoms with van der Waals surface area (Å²) in [6.45, 7) is 9.49. The third-order valence-electron chi connectivity index (χ3n) is 6.85. The van der Waals surface area contributed by atoms with Crippen molar-refractivity contribution in [3.8, 4) is 0 Å². The Labute approximate surface area is 188 Å². The summed E-state index contributed by atoms with van der Waals surface area (Å²) in [6, 6.07) is 21.3. The van der Waals surface area contributed by atoms with Crippen LogP contribution in [0.4, 0.5) is 0 Å².